The summed E-state index contributed by atoms with van der Waals surface area (Å²) < 4.78 is 17.8. The van der Waals surface area contributed by atoms with Gasteiger partial charge in [0.1, 0.15) is 24.2 Å². The number of carboxylic acid groups (broad SMARTS) is 1. The average molecular weight is 526 g/mol. The summed E-state index contributed by atoms with van der Waals surface area (Å²) >= 11 is 0. The van der Waals surface area contributed by atoms with Gasteiger partial charge in [0.2, 0.25) is 0 Å². The van der Waals surface area contributed by atoms with Crippen molar-refractivity contribution in [3.05, 3.63) is 77.4 Å². The molecule has 3 aromatic rings. The van der Waals surface area contributed by atoms with Crippen LogP contribution in [0.25, 0.3) is 11.1 Å². The summed E-state index contributed by atoms with van der Waals surface area (Å²) in [6.45, 7) is 7.68. The number of fused-ring (bicyclic) bond motifs is 3. The molecule has 202 valence electrons. The molecule has 0 aromatic heterocycles. The predicted octanol–water partition coefficient (Wildman–Crippen LogP) is 6.06. The Morgan fingerprint density at radius 3 is 2.64 bits per heavy atom. The molecule has 1 N–H and O–H groups in total. The first kappa shape index (κ1) is 26.6. The van der Waals surface area contributed by atoms with Crippen LogP contribution in [0.15, 0.2) is 60.7 Å². The molecular weight excluding hydrogens is 490 g/mol. The summed E-state index contributed by atoms with van der Waals surface area (Å²) in [5, 5.41) is 9.20. The van der Waals surface area contributed by atoms with Crippen LogP contribution in [0.5, 0.6) is 11.5 Å². The second kappa shape index (κ2) is 12.3. The number of nitrogens with zero attached hydrogens (tertiary/aromatic N) is 1. The van der Waals surface area contributed by atoms with Gasteiger partial charge in [-0.2, -0.15) is 0 Å². The lowest BCUT2D eigenvalue weighted by Gasteiger charge is -2.23. The van der Waals surface area contributed by atoms with Gasteiger partial charge in [0, 0.05) is 30.8 Å². The largest absolute Gasteiger partial charge is 0.489 e. The lowest BCUT2D eigenvalue weighted by molar-refractivity contribution is -0.137. The molecule has 1 saturated heterocycles. The number of hydrogen-bond acceptors (Lipinski definition) is 5. The van der Waals surface area contributed by atoms with Crippen molar-refractivity contribution < 1.29 is 24.1 Å². The highest BCUT2D eigenvalue weighted by Gasteiger charge is 2.22. The molecule has 2 atom stereocenters. The lowest BCUT2D eigenvalue weighted by Crippen LogP contribution is -2.24. The lowest BCUT2D eigenvalue weighted by atomic mass is 9.96. The molecule has 6 nitrogen and oxygen atoms in total. The number of anilines is 1. The first-order valence-electron chi connectivity index (χ1n) is 13.7. The molecule has 0 amide bonds. The molecule has 0 unspecified atom stereocenters. The molecule has 3 aromatic carbocycles. The van der Waals surface area contributed by atoms with E-state index in [2.05, 4.69) is 60.1 Å². The Labute approximate surface area is 230 Å². The number of rotatable bonds is 9. The molecule has 5 rings (SSSR count). The first-order chi connectivity index (χ1) is 19.0. The van der Waals surface area contributed by atoms with Crippen LogP contribution in [0.3, 0.4) is 0 Å². The minimum atomic E-state index is -0.860. The summed E-state index contributed by atoms with van der Waals surface area (Å²) in [4.78, 5) is 13.6. The van der Waals surface area contributed by atoms with E-state index in [9.17, 15) is 9.90 Å². The van der Waals surface area contributed by atoms with E-state index < -0.39 is 5.97 Å². The van der Waals surface area contributed by atoms with Gasteiger partial charge in [-0.1, -0.05) is 30.2 Å². The van der Waals surface area contributed by atoms with Crippen LogP contribution in [0.2, 0.25) is 0 Å². The maximum atomic E-state index is 11.2. The van der Waals surface area contributed by atoms with Gasteiger partial charge >= 0.3 is 5.97 Å². The highest BCUT2D eigenvalue weighted by molar-refractivity contribution is 5.83. The van der Waals surface area contributed by atoms with Crippen molar-refractivity contribution in [1.82, 2.24) is 0 Å². The second-order valence-electron chi connectivity index (χ2n) is 10.0. The zero-order valence-corrected chi connectivity index (χ0v) is 22.6. The maximum Gasteiger partial charge on any atom is 0.304 e. The van der Waals surface area contributed by atoms with Crippen molar-refractivity contribution in [2.75, 3.05) is 31.2 Å². The fourth-order valence-electron chi connectivity index (χ4n) is 5.34. The summed E-state index contributed by atoms with van der Waals surface area (Å²) in [6, 6.07) is 20.6. The maximum absolute atomic E-state index is 11.2. The molecule has 0 bridgehead atoms. The van der Waals surface area contributed by atoms with Gasteiger partial charge < -0.3 is 24.2 Å². The van der Waals surface area contributed by atoms with Gasteiger partial charge in [-0.25, -0.2) is 0 Å². The first-order valence-corrected chi connectivity index (χ1v) is 13.7. The van der Waals surface area contributed by atoms with E-state index in [1.54, 1.807) is 6.92 Å². The Morgan fingerprint density at radius 2 is 1.92 bits per heavy atom. The molecule has 0 saturated carbocycles. The normalized spacial score (nSPS) is 16.8. The number of hydrogen-bond donors (Lipinski definition) is 1. The van der Waals surface area contributed by atoms with Crippen LogP contribution >= 0.6 is 0 Å². The van der Waals surface area contributed by atoms with Gasteiger partial charge in [0.05, 0.1) is 25.6 Å². The zero-order chi connectivity index (χ0) is 27.2. The van der Waals surface area contributed by atoms with Crippen LogP contribution in [-0.4, -0.2) is 43.5 Å². The number of carbonyl (C=O) groups is 1. The third kappa shape index (κ3) is 6.38. The van der Waals surface area contributed by atoms with Crippen LogP contribution in [0.4, 0.5) is 5.69 Å². The highest BCUT2D eigenvalue weighted by atomic mass is 16.5. The Morgan fingerprint density at radius 1 is 1.10 bits per heavy atom. The average Bonchev–Trinajstić information content (AvgIpc) is 3.40. The number of likely N-dealkylation sites (N-methyl/N-ethyl adjacent to an activating group) is 1. The predicted molar refractivity (Wildman–Crippen MR) is 153 cm³/mol. The minimum absolute atomic E-state index is 0.0188. The smallest absolute Gasteiger partial charge is 0.304 e. The molecule has 1 fully saturated rings. The molecule has 2 heterocycles. The number of benzene rings is 3. The van der Waals surface area contributed by atoms with Crippen LogP contribution in [-0.2, 0) is 22.6 Å². The molecule has 2 aliphatic heterocycles. The fourth-order valence-corrected chi connectivity index (χ4v) is 5.34. The van der Waals surface area contributed by atoms with Crippen molar-refractivity contribution in [1.29, 1.82) is 0 Å². The van der Waals surface area contributed by atoms with Crippen LogP contribution in [0, 0.1) is 11.8 Å². The Bertz CT molecular complexity index is 1370. The van der Waals surface area contributed by atoms with Gasteiger partial charge in [0.25, 0.3) is 0 Å². The zero-order valence-electron chi connectivity index (χ0n) is 22.6. The Kier molecular flexibility index (Phi) is 8.39. The SMILES string of the molecule is CC#C[C@@H](CC(=O)O)c1ccc(OCc2ccc3c(c2)-c2ccc(O[C@@H]4CCOC4)cc2CCN3CC)cc1. The third-order valence-electron chi connectivity index (χ3n) is 7.38. The number of ether oxygens (including phenoxy) is 3. The quantitative estimate of drug-likeness (QED) is 0.342. The van der Waals surface area contributed by atoms with Crippen molar-refractivity contribution in [2.45, 2.75) is 51.7 Å². The van der Waals surface area contributed by atoms with Gasteiger partial charge in [0.15, 0.2) is 0 Å². The van der Waals surface area contributed by atoms with E-state index in [1.165, 1.54) is 22.4 Å². The van der Waals surface area contributed by atoms with Crippen LogP contribution in [0.1, 0.15) is 49.3 Å². The third-order valence-corrected chi connectivity index (χ3v) is 7.38. The summed E-state index contributed by atoms with van der Waals surface area (Å²) in [5.41, 5.74) is 6.96. The van der Waals surface area contributed by atoms with Gasteiger partial charge in [-0.15, -0.1) is 5.92 Å². The highest BCUT2D eigenvalue weighted by Crippen LogP contribution is 2.39. The molecule has 39 heavy (non-hydrogen) atoms. The monoisotopic (exact) mass is 525 g/mol. The molecule has 0 spiro atoms. The number of carboxylic acids is 1. The van der Waals surface area contributed by atoms with Gasteiger partial charge in [-0.05, 0) is 78.9 Å². The molecule has 0 radical (unpaired) electrons. The minimum Gasteiger partial charge on any atom is -0.489 e. The fraction of sp³-hybridized carbons (Fsp3) is 0.364. The Balaban J connectivity index is 1.34. The molecule has 6 heteroatoms. The van der Waals surface area contributed by atoms with E-state index in [4.69, 9.17) is 14.2 Å². The van der Waals surface area contributed by atoms with E-state index in [0.29, 0.717) is 13.2 Å². The topological polar surface area (TPSA) is 68.2 Å². The summed E-state index contributed by atoms with van der Waals surface area (Å²) in [6.07, 6.45) is 2.01. The molecule has 2 aliphatic rings. The van der Waals surface area contributed by atoms with Crippen molar-refractivity contribution >= 4 is 11.7 Å². The second-order valence-corrected chi connectivity index (χ2v) is 10.0. The number of aliphatic carboxylic acids is 1. The van der Waals surface area contributed by atoms with Crippen molar-refractivity contribution in [3.63, 3.8) is 0 Å². The standard InChI is InChI=1S/C33H35NO5/c1-3-5-25(20-33(35)36)24-7-9-27(10-8-24)38-21-23-6-13-32-31(18-23)30-12-11-28(39-29-15-17-37-22-29)19-26(30)14-16-34(32)4-2/h6-13,18-19,25,29H,4,14-17,20-22H2,1-2H3,(H,35,36)/t25-,29+/m0/s1. The van der Waals surface area contributed by atoms with E-state index in [1.807, 2.05) is 24.3 Å². The van der Waals surface area contributed by atoms with E-state index >= 15 is 0 Å². The van der Waals surface area contributed by atoms with Crippen molar-refractivity contribution in [3.8, 4) is 34.5 Å². The van der Waals surface area contributed by atoms with Gasteiger partial charge in [-0.3, -0.25) is 4.79 Å². The van der Waals surface area contributed by atoms with Crippen LogP contribution < -0.4 is 14.4 Å². The molecule has 0 aliphatic carbocycles. The van der Waals surface area contributed by atoms with Crippen molar-refractivity contribution in [2.24, 2.45) is 0 Å². The molecular formula is C33H35NO5. The summed E-state index contributed by atoms with van der Waals surface area (Å²) in [5.74, 6) is 6.29. The van der Waals surface area contributed by atoms with E-state index in [0.717, 1.165) is 55.2 Å². The Hall–Kier alpha value is -3.95. The summed E-state index contributed by atoms with van der Waals surface area (Å²) in [7, 11) is 0. The van der Waals surface area contributed by atoms with E-state index in [-0.39, 0.29) is 18.4 Å².